The minimum absolute atomic E-state index is 0.144. The van der Waals surface area contributed by atoms with Gasteiger partial charge in [0.25, 0.3) is 0 Å². The van der Waals surface area contributed by atoms with Gasteiger partial charge in [-0.3, -0.25) is 0 Å². The monoisotopic (exact) mass is 283 g/mol. The third kappa shape index (κ3) is 1.99. The molecule has 0 amide bonds. The fourth-order valence-electron chi connectivity index (χ4n) is 3.49. The standard InChI is InChI=1S/C17H17NO3/c19-11-5-6-13-15-8-14(15)12-4-2-1-3-10(12)9-18(17(20)21)16(13)7-11/h1-7,14-15,17,19-21H,8-9H2. The molecule has 0 spiro atoms. The van der Waals surface area contributed by atoms with E-state index in [1.54, 1.807) is 12.1 Å². The van der Waals surface area contributed by atoms with Crippen LogP contribution in [0.5, 0.6) is 5.75 Å². The first-order valence-corrected chi connectivity index (χ1v) is 7.18. The molecule has 2 aromatic carbocycles. The maximum Gasteiger partial charge on any atom is 0.235 e. The van der Waals surface area contributed by atoms with Gasteiger partial charge in [0.05, 0.1) is 0 Å². The molecular weight excluding hydrogens is 266 g/mol. The van der Waals surface area contributed by atoms with Gasteiger partial charge in [-0.1, -0.05) is 30.3 Å². The summed E-state index contributed by atoms with van der Waals surface area (Å²) < 4.78 is 0. The van der Waals surface area contributed by atoms with Gasteiger partial charge in [-0.15, -0.1) is 0 Å². The molecule has 108 valence electrons. The van der Waals surface area contributed by atoms with Crippen LogP contribution in [-0.4, -0.2) is 21.7 Å². The normalized spacial score (nSPS) is 22.9. The first-order chi connectivity index (χ1) is 10.1. The van der Waals surface area contributed by atoms with Crippen LogP contribution in [0.2, 0.25) is 0 Å². The molecule has 0 radical (unpaired) electrons. The summed E-state index contributed by atoms with van der Waals surface area (Å²) in [5.74, 6) is 1.04. The van der Waals surface area contributed by atoms with E-state index in [1.807, 2.05) is 24.3 Å². The minimum Gasteiger partial charge on any atom is -0.508 e. The van der Waals surface area contributed by atoms with Crippen molar-refractivity contribution in [2.75, 3.05) is 4.90 Å². The van der Waals surface area contributed by atoms with Crippen molar-refractivity contribution in [1.29, 1.82) is 0 Å². The Bertz CT molecular complexity index is 698. The van der Waals surface area contributed by atoms with Crippen LogP contribution in [0.25, 0.3) is 0 Å². The first kappa shape index (κ1) is 12.7. The Hall–Kier alpha value is -2.04. The van der Waals surface area contributed by atoms with E-state index in [2.05, 4.69) is 6.07 Å². The van der Waals surface area contributed by atoms with Crippen LogP contribution in [0.3, 0.4) is 0 Å². The molecule has 2 aromatic rings. The average Bonchev–Trinajstić information content (AvgIpc) is 3.23. The second-order valence-electron chi connectivity index (χ2n) is 5.86. The molecule has 1 saturated carbocycles. The number of benzene rings is 2. The molecule has 0 bridgehead atoms. The topological polar surface area (TPSA) is 63.9 Å². The van der Waals surface area contributed by atoms with Gasteiger partial charge in [0.15, 0.2) is 0 Å². The molecule has 1 aliphatic heterocycles. The van der Waals surface area contributed by atoms with Crippen LogP contribution in [0, 0.1) is 0 Å². The highest BCUT2D eigenvalue weighted by Gasteiger charge is 2.44. The Morgan fingerprint density at radius 2 is 1.76 bits per heavy atom. The quantitative estimate of drug-likeness (QED) is 0.702. The zero-order valence-electron chi connectivity index (χ0n) is 11.5. The summed E-state index contributed by atoms with van der Waals surface area (Å²) in [5.41, 5.74) is 4.21. The lowest BCUT2D eigenvalue weighted by atomic mass is 9.95. The molecule has 1 heterocycles. The average molecular weight is 283 g/mol. The minimum atomic E-state index is -1.59. The van der Waals surface area contributed by atoms with Crippen LogP contribution >= 0.6 is 0 Å². The van der Waals surface area contributed by atoms with E-state index >= 15 is 0 Å². The zero-order chi connectivity index (χ0) is 14.6. The number of hydrogen-bond donors (Lipinski definition) is 3. The Labute approximate surface area is 122 Å². The summed E-state index contributed by atoms with van der Waals surface area (Å²) in [4.78, 5) is 1.53. The number of hydrogen-bond acceptors (Lipinski definition) is 4. The molecule has 2 atom stereocenters. The Kier molecular flexibility index (Phi) is 2.71. The van der Waals surface area contributed by atoms with E-state index in [-0.39, 0.29) is 5.75 Å². The molecule has 0 saturated heterocycles. The Morgan fingerprint density at radius 1 is 1.00 bits per heavy atom. The van der Waals surface area contributed by atoms with E-state index in [9.17, 15) is 15.3 Å². The van der Waals surface area contributed by atoms with Crippen molar-refractivity contribution < 1.29 is 15.3 Å². The number of rotatable bonds is 1. The lowest BCUT2D eigenvalue weighted by Gasteiger charge is -2.31. The van der Waals surface area contributed by atoms with Crippen LogP contribution < -0.4 is 4.90 Å². The van der Waals surface area contributed by atoms with Gasteiger partial charge in [0.1, 0.15) is 5.75 Å². The molecule has 1 aliphatic carbocycles. The molecule has 4 nitrogen and oxygen atoms in total. The number of aromatic hydroxyl groups is 1. The Balaban J connectivity index is 1.89. The molecule has 0 aromatic heterocycles. The van der Waals surface area contributed by atoms with Crippen LogP contribution in [-0.2, 0) is 6.54 Å². The molecule has 4 heteroatoms. The molecule has 21 heavy (non-hydrogen) atoms. The van der Waals surface area contributed by atoms with Gasteiger partial charge in [0, 0.05) is 18.3 Å². The highest BCUT2D eigenvalue weighted by atomic mass is 16.5. The van der Waals surface area contributed by atoms with Crippen molar-refractivity contribution in [3.8, 4) is 5.75 Å². The number of nitrogens with zero attached hydrogens (tertiary/aromatic N) is 1. The summed E-state index contributed by atoms with van der Waals surface area (Å²) in [6.07, 6.45) is -0.515. The maximum absolute atomic E-state index is 9.76. The predicted molar refractivity (Wildman–Crippen MR) is 79.1 cm³/mol. The van der Waals surface area contributed by atoms with E-state index in [0.717, 1.165) is 17.5 Å². The number of fused-ring (bicyclic) bond motifs is 5. The van der Waals surface area contributed by atoms with Gasteiger partial charge in [-0.2, -0.15) is 0 Å². The van der Waals surface area contributed by atoms with Gasteiger partial charge in [0.2, 0.25) is 6.41 Å². The number of aliphatic hydroxyl groups excluding tert-OH is 1. The number of phenols is 1. The summed E-state index contributed by atoms with van der Waals surface area (Å²) in [6.45, 7) is 0.424. The van der Waals surface area contributed by atoms with Gasteiger partial charge < -0.3 is 20.2 Å². The third-order valence-corrected chi connectivity index (χ3v) is 4.59. The first-order valence-electron chi connectivity index (χ1n) is 7.18. The molecule has 2 aliphatic rings. The number of phenolic OH excluding ortho intramolecular Hbond substituents is 1. The van der Waals surface area contributed by atoms with Gasteiger partial charge in [-0.05, 0) is 41.0 Å². The highest BCUT2D eigenvalue weighted by Crippen LogP contribution is 2.58. The lowest BCUT2D eigenvalue weighted by Crippen LogP contribution is -2.35. The van der Waals surface area contributed by atoms with E-state index < -0.39 is 6.41 Å². The van der Waals surface area contributed by atoms with Crippen LogP contribution in [0.15, 0.2) is 42.5 Å². The van der Waals surface area contributed by atoms with Crippen molar-refractivity contribution in [2.24, 2.45) is 0 Å². The fraction of sp³-hybridized carbons (Fsp3) is 0.294. The fourth-order valence-corrected chi connectivity index (χ4v) is 3.49. The summed E-state index contributed by atoms with van der Waals surface area (Å²) >= 11 is 0. The van der Waals surface area contributed by atoms with E-state index in [0.29, 0.717) is 24.1 Å². The van der Waals surface area contributed by atoms with Crippen LogP contribution in [0.4, 0.5) is 5.69 Å². The van der Waals surface area contributed by atoms with Crippen molar-refractivity contribution in [1.82, 2.24) is 0 Å². The Morgan fingerprint density at radius 3 is 2.57 bits per heavy atom. The lowest BCUT2D eigenvalue weighted by molar-refractivity contribution is -0.0423. The van der Waals surface area contributed by atoms with Gasteiger partial charge in [-0.25, -0.2) is 0 Å². The predicted octanol–water partition coefficient (Wildman–Crippen LogP) is 2.25. The smallest absolute Gasteiger partial charge is 0.235 e. The SMILES string of the molecule is Oc1ccc2c(c1)N(C(O)O)Cc1ccccc1C1CC21. The molecule has 4 rings (SSSR count). The largest absolute Gasteiger partial charge is 0.508 e. The third-order valence-electron chi connectivity index (χ3n) is 4.59. The molecule has 2 unspecified atom stereocenters. The van der Waals surface area contributed by atoms with E-state index in [4.69, 9.17) is 0 Å². The highest BCUT2D eigenvalue weighted by molar-refractivity contribution is 5.63. The van der Waals surface area contributed by atoms with Crippen molar-refractivity contribution in [3.63, 3.8) is 0 Å². The summed E-state index contributed by atoms with van der Waals surface area (Å²) in [5, 5.41) is 29.3. The van der Waals surface area contributed by atoms with Crippen molar-refractivity contribution in [2.45, 2.75) is 31.2 Å². The number of aliphatic hydroxyl groups is 2. The summed E-state index contributed by atoms with van der Waals surface area (Å²) in [6, 6.07) is 13.4. The van der Waals surface area contributed by atoms with Gasteiger partial charge >= 0.3 is 0 Å². The second kappa shape index (κ2) is 4.48. The van der Waals surface area contributed by atoms with Crippen molar-refractivity contribution in [3.05, 3.63) is 59.2 Å². The molecule has 1 fully saturated rings. The molecular formula is C17H17NO3. The van der Waals surface area contributed by atoms with E-state index in [1.165, 1.54) is 10.5 Å². The summed E-state index contributed by atoms with van der Waals surface area (Å²) in [7, 11) is 0. The van der Waals surface area contributed by atoms with Crippen LogP contribution in [0.1, 0.15) is 34.9 Å². The maximum atomic E-state index is 9.76. The second-order valence-corrected chi connectivity index (χ2v) is 5.86. The molecule has 3 N–H and O–H groups in total. The number of anilines is 1. The van der Waals surface area contributed by atoms with Crippen molar-refractivity contribution >= 4 is 5.69 Å². The zero-order valence-corrected chi connectivity index (χ0v) is 11.5.